The zero-order valence-corrected chi connectivity index (χ0v) is 14.0. The molecule has 5 nitrogen and oxygen atoms in total. The number of hydrogen-bond donors (Lipinski definition) is 1. The lowest BCUT2D eigenvalue weighted by Gasteiger charge is -2.27. The minimum Gasteiger partial charge on any atom is -0.497 e. The minimum absolute atomic E-state index is 0.422. The quantitative estimate of drug-likeness (QED) is 0.785. The van der Waals surface area contributed by atoms with E-state index in [0.717, 1.165) is 36.6 Å². The summed E-state index contributed by atoms with van der Waals surface area (Å²) in [6.45, 7) is 1.68. The van der Waals surface area contributed by atoms with E-state index in [2.05, 4.69) is 44.3 Å². The number of ether oxygens (including phenoxy) is 1. The molecule has 1 aliphatic heterocycles. The Morgan fingerprint density at radius 3 is 2.96 bits per heavy atom. The topological polar surface area (TPSA) is 54.0 Å². The molecule has 0 saturated carbocycles. The van der Waals surface area contributed by atoms with E-state index in [1.165, 1.54) is 16.5 Å². The largest absolute Gasteiger partial charge is 0.497 e. The fourth-order valence-electron chi connectivity index (χ4n) is 3.10. The van der Waals surface area contributed by atoms with Gasteiger partial charge in [0.15, 0.2) is 0 Å². The smallest absolute Gasteiger partial charge is 0.149 e. The molecule has 6 heteroatoms. The lowest BCUT2D eigenvalue weighted by molar-refractivity contribution is 0.415. The fourth-order valence-corrected chi connectivity index (χ4v) is 3.24. The van der Waals surface area contributed by atoms with Crippen LogP contribution in [0.3, 0.4) is 0 Å². The van der Waals surface area contributed by atoms with Crippen LogP contribution >= 0.6 is 11.6 Å². The summed E-state index contributed by atoms with van der Waals surface area (Å²) in [6, 6.07) is 6.10. The van der Waals surface area contributed by atoms with E-state index in [0.29, 0.717) is 5.15 Å². The molecule has 24 heavy (non-hydrogen) atoms. The van der Waals surface area contributed by atoms with Crippen molar-refractivity contribution in [2.75, 3.05) is 25.1 Å². The second-order valence-electron chi connectivity index (χ2n) is 5.74. The summed E-state index contributed by atoms with van der Waals surface area (Å²) >= 11 is 5.94. The van der Waals surface area contributed by atoms with Crippen LogP contribution < -0.4 is 9.64 Å². The number of aromatic nitrogens is 3. The number of aromatic amines is 1. The Morgan fingerprint density at radius 2 is 2.21 bits per heavy atom. The highest BCUT2D eigenvalue weighted by Crippen LogP contribution is 2.32. The van der Waals surface area contributed by atoms with Gasteiger partial charge in [-0.15, -0.1) is 0 Å². The second kappa shape index (κ2) is 6.17. The van der Waals surface area contributed by atoms with Crippen molar-refractivity contribution in [2.45, 2.75) is 6.42 Å². The molecule has 1 aromatic carbocycles. The Balaban J connectivity index is 1.62. The average Bonchev–Trinajstić information content (AvgIpc) is 3.05. The van der Waals surface area contributed by atoms with Gasteiger partial charge in [-0.05, 0) is 30.2 Å². The van der Waals surface area contributed by atoms with Crippen molar-refractivity contribution in [3.63, 3.8) is 0 Å². The summed E-state index contributed by atoms with van der Waals surface area (Å²) in [7, 11) is 1.69. The van der Waals surface area contributed by atoms with Crippen molar-refractivity contribution >= 4 is 33.9 Å². The van der Waals surface area contributed by atoms with Crippen LogP contribution in [0.1, 0.15) is 12.0 Å². The van der Waals surface area contributed by atoms with Gasteiger partial charge in [0.1, 0.15) is 16.7 Å². The first-order valence-corrected chi connectivity index (χ1v) is 8.19. The van der Waals surface area contributed by atoms with E-state index in [9.17, 15) is 0 Å². The van der Waals surface area contributed by atoms with Gasteiger partial charge >= 0.3 is 0 Å². The van der Waals surface area contributed by atoms with Crippen LogP contribution in [0.4, 0.5) is 5.82 Å². The Labute approximate surface area is 144 Å². The maximum absolute atomic E-state index is 5.94. The number of halogens is 1. The third-order valence-corrected chi connectivity index (χ3v) is 4.54. The molecule has 3 aromatic rings. The Hall–Kier alpha value is -2.53. The van der Waals surface area contributed by atoms with Gasteiger partial charge < -0.3 is 14.6 Å². The number of fused-ring (bicyclic) bond motifs is 1. The van der Waals surface area contributed by atoms with Gasteiger partial charge in [-0.25, -0.2) is 4.98 Å². The normalized spacial score (nSPS) is 14.8. The van der Waals surface area contributed by atoms with Crippen LogP contribution in [0.5, 0.6) is 5.75 Å². The number of nitrogens with one attached hydrogen (secondary N) is 1. The van der Waals surface area contributed by atoms with Gasteiger partial charge in [0.2, 0.25) is 0 Å². The summed E-state index contributed by atoms with van der Waals surface area (Å²) < 4.78 is 5.35. The average molecular weight is 341 g/mol. The fraction of sp³-hybridized carbons (Fsp3) is 0.222. The second-order valence-corrected chi connectivity index (χ2v) is 6.13. The van der Waals surface area contributed by atoms with Crippen molar-refractivity contribution in [3.8, 4) is 5.75 Å². The molecule has 0 unspecified atom stereocenters. The van der Waals surface area contributed by atoms with Crippen LogP contribution in [-0.4, -0.2) is 35.2 Å². The summed E-state index contributed by atoms with van der Waals surface area (Å²) in [5, 5.41) is 1.61. The van der Waals surface area contributed by atoms with Crippen LogP contribution in [-0.2, 0) is 0 Å². The van der Waals surface area contributed by atoms with Crippen molar-refractivity contribution in [3.05, 3.63) is 53.6 Å². The van der Waals surface area contributed by atoms with Crippen molar-refractivity contribution in [1.82, 2.24) is 15.0 Å². The number of hydrogen-bond acceptors (Lipinski definition) is 4. The first-order chi connectivity index (χ1) is 11.7. The summed E-state index contributed by atoms with van der Waals surface area (Å²) in [5.74, 6) is 1.69. The molecule has 1 aliphatic rings. The van der Waals surface area contributed by atoms with E-state index >= 15 is 0 Å². The third-order valence-electron chi connectivity index (χ3n) is 4.36. The number of benzene rings is 1. The molecule has 0 atom stereocenters. The van der Waals surface area contributed by atoms with Crippen molar-refractivity contribution in [2.24, 2.45) is 0 Å². The SMILES string of the molecule is COc1ccc2[nH]cc(C3=CCN(c4cncc(Cl)n4)CC3)c2c1. The van der Waals surface area contributed by atoms with E-state index in [1.807, 2.05) is 6.07 Å². The molecule has 2 aromatic heterocycles. The van der Waals surface area contributed by atoms with Gasteiger partial charge in [0.05, 0.1) is 19.5 Å². The number of rotatable bonds is 3. The number of anilines is 1. The molecule has 0 amide bonds. The molecule has 0 spiro atoms. The molecular weight excluding hydrogens is 324 g/mol. The number of methoxy groups -OCH3 is 1. The Morgan fingerprint density at radius 1 is 1.29 bits per heavy atom. The monoisotopic (exact) mass is 340 g/mol. The van der Waals surface area contributed by atoms with E-state index in [4.69, 9.17) is 16.3 Å². The maximum Gasteiger partial charge on any atom is 0.149 e. The highest BCUT2D eigenvalue weighted by atomic mass is 35.5. The van der Waals surface area contributed by atoms with Gasteiger partial charge in [0.25, 0.3) is 0 Å². The van der Waals surface area contributed by atoms with Crippen LogP contribution in [0, 0.1) is 0 Å². The minimum atomic E-state index is 0.422. The van der Waals surface area contributed by atoms with E-state index in [1.54, 1.807) is 19.5 Å². The van der Waals surface area contributed by atoms with Gasteiger partial charge in [0, 0.05) is 35.8 Å². The molecule has 0 saturated heterocycles. The zero-order chi connectivity index (χ0) is 16.5. The van der Waals surface area contributed by atoms with E-state index in [-0.39, 0.29) is 0 Å². The van der Waals surface area contributed by atoms with Crippen LogP contribution in [0.25, 0.3) is 16.5 Å². The highest BCUT2D eigenvalue weighted by Gasteiger charge is 2.17. The predicted molar refractivity (Wildman–Crippen MR) is 96.7 cm³/mol. The predicted octanol–water partition coefficient (Wildman–Crippen LogP) is 3.91. The molecule has 0 aliphatic carbocycles. The van der Waals surface area contributed by atoms with Crippen molar-refractivity contribution < 1.29 is 4.74 Å². The Bertz CT molecular complexity index is 918. The Kier molecular flexibility index (Phi) is 3.86. The van der Waals surface area contributed by atoms with Crippen LogP contribution in [0.15, 0.2) is 42.9 Å². The molecule has 0 bridgehead atoms. The zero-order valence-electron chi connectivity index (χ0n) is 13.3. The molecule has 4 rings (SSSR count). The third kappa shape index (κ3) is 2.71. The molecule has 1 N–H and O–H groups in total. The summed E-state index contributed by atoms with van der Waals surface area (Å²) in [5.41, 5.74) is 3.69. The summed E-state index contributed by atoms with van der Waals surface area (Å²) in [4.78, 5) is 14.0. The maximum atomic E-state index is 5.94. The van der Waals surface area contributed by atoms with Crippen LogP contribution in [0.2, 0.25) is 5.15 Å². The molecule has 0 fully saturated rings. The van der Waals surface area contributed by atoms with Gasteiger partial charge in [-0.2, -0.15) is 0 Å². The lowest BCUT2D eigenvalue weighted by atomic mass is 9.99. The highest BCUT2D eigenvalue weighted by molar-refractivity contribution is 6.29. The van der Waals surface area contributed by atoms with Crippen molar-refractivity contribution in [1.29, 1.82) is 0 Å². The number of nitrogens with zero attached hydrogens (tertiary/aromatic N) is 3. The molecular formula is C18H17ClN4O. The van der Waals surface area contributed by atoms with E-state index < -0.39 is 0 Å². The molecule has 122 valence electrons. The van der Waals surface area contributed by atoms with Gasteiger partial charge in [-0.3, -0.25) is 4.98 Å². The number of H-pyrrole nitrogens is 1. The van der Waals surface area contributed by atoms with Gasteiger partial charge in [-0.1, -0.05) is 17.7 Å². The lowest BCUT2D eigenvalue weighted by Crippen LogP contribution is -2.29. The molecule has 0 radical (unpaired) electrons. The first-order valence-electron chi connectivity index (χ1n) is 7.81. The summed E-state index contributed by atoms with van der Waals surface area (Å²) in [6.07, 6.45) is 8.56. The molecule has 3 heterocycles. The first kappa shape index (κ1) is 15.0. The standard InChI is InChI=1S/C18H17ClN4O/c1-24-13-2-3-16-14(8-13)15(9-21-16)12-4-6-23(7-5-12)18-11-20-10-17(19)22-18/h2-4,8-11,21H,5-7H2,1H3.